The average Bonchev–Trinajstić information content (AvgIpc) is 2.70. The Bertz CT molecular complexity index is 730. The summed E-state index contributed by atoms with van der Waals surface area (Å²) in [5.41, 5.74) is 6.14. The average molecular weight is 314 g/mol. The van der Waals surface area contributed by atoms with Crippen LogP contribution in [0.2, 0.25) is 0 Å². The van der Waals surface area contributed by atoms with Gasteiger partial charge in [-0.1, -0.05) is 13.5 Å². The summed E-state index contributed by atoms with van der Waals surface area (Å²) in [4.78, 5) is 5.76. The van der Waals surface area contributed by atoms with Gasteiger partial charge in [-0.25, -0.2) is 0 Å². The number of fused-ring (bicyclic) bond motifs is 1. The molecule has 0 bridgehead atoms. The summed E-state index contributed by atoms with van der Waals surface area (Å²) >= 11 is 2.03. The van der Waals surface area contributed by atoms with Crippen molar-refractivity contribution in [3.8, 4) is 0 Å². The van der Waals surface area contributed by atoms with Crippen LogP contribution in [0.25, 0.3) is 5.57 Å². The van der Waals surface area contributed by atoms with Gasteiger partial charge in [-0.15, -0.1) is 11.3 Å². The maximum Gasteiger partial charge on any atom is 0.0532 e. The van der Waals surface area contributed by atoms with E-state index in [0.29, 0.717) is 6.04 Å². The normalized spacial score (nSPS) is 36.0. The standard InChI is InChI=1S/C20H27NS/c1-10-9-15-20(18-16(10)11(2)14(5)22-18)12(3)17(20)13(4)21(15)19(6,7)8/h9,12-13,17H,1H2,2-8H3. The number of allylic oxidation sites excluding steroid dienone is 3. The first-order chi connectivity index (χ1) is 10.1. The van der Waals surface area contributed by atoms with Gasteiger partial charge in [0.25, 0.3) is 0 Å². The molecule has 2 fully saturated rings. The molecule has 4 unspecified atom stereocenters. The van der Waals surface area contributed by atoms with Gasteiger partial charge in [0.05, 0.1) is 5.41 Å². The quantitative estimate of drug-likeness (QED) is 0.629. The van der Waals surface area contributed by atoms with Gasteiger partial charge in [0.2, 0.25) is 0 Å². The summed E-state index contributed by atoms with van der Waals surface area (Å²) in [5, 5.41) is 0. The Balaban J connectivity index is 1.99. The number of thiophene rings is 1. The molecule has 1 aliphatic heterocycles. The SMILES string of the molecule is C=C1C=C2N(C(C)(C)C)C(C)C3C(C)C23c2sc(C)c(C)c21. The molecule has 4 rings (SSSR count). The molecule has 22 heavy (non-hydrogen) atoms. The lowest BCUT2D eigenvalue weighted by atomic mass is 9.83. The minimum absolute atomic E-state index is 0.171. The van der Waals surface area contributed by atoms with Crippen LogP contribution in [0.4, 0.5) is 0 Å². The lowest BCUT2D eigenvalue weighted by Gasteiger charge is -2.43. The van der Waals surface area contributed by atoms with Crippen molar-refractivity contribution >= 4 is 16.9 Å². The number of likely N-dealkylation sites (tertiary alicyclic amines) is 1. The van der Waals surface area contributed by atoms with Gasteiger partial charge >= 0.3 is 0 Å². The minimum Gasteiger partial charge on any atom is -0.366 e. The van der Waals surface area contributed by atoms with E-state index in [0.717, 1.165) is 11.8 Å². The first-order valence-corrected chi connectivity index (χ1v) is 9.26. The number of nitrogens with zero attached hydrogens (tertiary/aromatic N) is 1. The minimum atomic E-state index is 0.171. The van der Waals surface area contributed by atoms with E-state index >= 15 is 0 Å². The number of aryl methyl sites for hydroxylation is 1. The maximum absolute atomic E-state index is 4.41. The third kappa shape index (κ3) is 1.37. The third-order valence-electron chi connectivity index (χ3n) is 6.40. The highest BCUT2D eigenvalue weighted by Crippen LogP contribution is 2.75. The summed E-state index contributed by atoms with van der Waals surface area (Å²) in [6.45, 7) is 20.9. The molecule has 1 aromatic rings. The molecule has 0 radical (unpaired) electrons. The highest BCUT2D eigenvalue weighted by atomic mass is 32.1. The predicted octanol–water partition coefficient (Wildman–Crippen LogP) is 5.28. The fourth-order valence-corrected chi connectivity index (χ4v) is 7.10. The van der Waals surface area contributed by atoms with Crippen LogP contribution in [-0.2, 0) is 5.41 Å². The van der Waals surface area contributed by atoms with E-state index in [4.69, 9.17) is 0 Å². The second kappa shape index (κ2) is 3.90. The molecular weight excluding hydrogens is 286 g/mol. The summed E-state index contributed by atoms with van der Waals surface area (Å²) in [7, 11) is 0. The second-order valence-electron chi connectivity index (χ2n) is 8.51. The van der Waals surface area contributed by atoms with Crippen LogP contribution >= 0.6 is 11.3 Å². The lowest BCUT2D eigenvalue weighted by molar-refractivity contribution is 0.136. The van der Waals surface area contributed by atoms with Crippen LogP contribution < -0.4 is 0 Å². The molecule has 2 heterocycles. The Morgan fingerprint density at radius 2 is 1.86 bits per heavy atom. The smallest absolute Gasteiger partial charge is 0.0532 e. The zero-order valence-corrected chi connectivity index (χ0v) is 15.7. The lowest BCUT2D eigenvalue weighted by Crippen LogP contribution is -2.46. The van der Waals surface area contributed by atoms with Crippen LogP contribution in [0.1, 0.15) is 55.5 Å². The highest BCUT2D eigenvalue weighted by Gasteiger charge is 2.75. The van der Waals surface area contributed by atoms with Crippen LogP contribution in [0.5, 0.6) is 0 Å². The van der Waals surface area contributed by atoms with Gasteiger partial charge in [0, 0.05) is 27.0 Å². The van der Waals surface area contributed by atoms with Crippen LogP contribution in [0, 0.1) is 25.7 Å². The van der Waals surface area contributed by atoms with Crippen molar-refractivity contribution in [2.75, 3.05) is 0 Å². The molecule has 1 nitrogen and oxygen atoms in total. The van der Waals surface area contributed by atoms with Crippen molar-refractivity contribution in [2.45, 2.75) is 65.5 Å². The topological polar surface area (TPSA) is 3.24 Å². The van der Waals surface area contributed by atoms with Gasteiger partial charge < -0.3 is 4.90 Å². The largest absolute Gasteiger partial charge is 0.366 e. The molecule has 1 spiro atoms. The molecule has 1 saturated carbocycles. The van der Waals surface area contributed by atoms with E-state index in [-0.39, 0.29) is 11.0 Å². The molecule has 1 saturated heterocycles. The van der Waals surface area contributed by atoms with E-state index in [1.165, 1.54) is 21.6 Å². The summed E-state index contributed by atoms with van der Waals surface area (Å²) in [6, 6.07) is 0.614. The molecule has 3 aliphatic rings. The van der Waals surface area contributed by atoms with Gasteiger partial charge in [-0.2, -0.15) is 0 Å². The zero-order valence-electron chi connectivity index (χ0n) is 14.9. The molecule has 1 aromatic heterocycles. The van der Waals surface area contributed by atoms with Gasteiger partial charge in [0.15, 0.2) is 0 Å². The summed E-state index contributed by atoms with van der Waals surface area (Å²) < 4.78 is 0. The molecule has 0 amide bonds. The fourth-order valence-electron chi connectivity index (χ4n) is 5.55. The fraction of sp³-hybridized carbons (Fsp3) is 0.600. The molecular formula is C20H27NS. The first kappa shape index (κ1) is 14.6. The Morgan fingerprint density at radius 1 is 1.23 bits per heavy atom. The zero-order chi connectivity index (χ0) is 16.2. The monoisotopic (exact) mass is 313 g/mol. The third-order valence-corrected chi connectivity index (χ3v) is 7.76. The summed E-state index contributed by atoms with van der Waals surface area (Å²) in [6.07, 6.45) is 2.41. The van der Waals surface area contributed by atoms with Crippen molar-refractivity contribution < 1.29 is 0 Å². The number of hydrogen-bond acceptors (Lipinski definition) is 2. The Labute approximate surface area is 138 Å². The Morgan fingerprint density at radius 3 is 2.45 bits per heavy atom. The highest BCUT2D eigenvalue weighted by molar-refractivity contribution is 7.12. The van der Waals surface area contributed by atoms with Crippen molar-refractivity contribution in [3.05, 3.63) is 39.2 Å². The number of hydrogen-bond donors (Lipinski definition) is 0. The van der Waals surface area contributed by atoms with Crippen molar-refractivity contribution in [2.24, 2.45) is 11.8 Å². The van der Waals surface area contributed by atoms with Crippen LogP contribution in [0.3, 0.4) is 0 Å². The molecule has 118 valence electrons. The molecule has 4 atom stereocenters. The first-order valence-electron chi connectivity index (χ1n) is 8.44. The van der Waals surface area contributed by atoms with Crippen LogP contribution in [-0.4, -0.2) is 16.5 Å². The molecule has 2 heteroatoms. The van der Waals surface area contributed by atoms with Crippen molar-refractivity contribution in [3.63, 3.8) is 0 Å². The predicted molar refractivity (Wildman–Crippen MR) is 96.3 cm³/mol. The van der Waals surface area contributed by atoms with Gasteiger partial charge in [-0.3, -0.25) is 0 Å². The maximum atomic E-state index is 4.41. The number of piperidine rings is 1. The van der Waals surface area contributed by atoms with E-state index in [2.05, 4.69) is 66.0 Å². The molecule has 0 N–H and O–H groups in total. The Hall–Kier alpha value is -1.02. The molecule has 0 aromatic carbocycles. The van der Waals surface area contributed by atoms with Gasteiger partial charge in [-0.05, 0) is 76.2 Å². The van der Waals surface area contributed by atoms with Crippen molar-refractivity contribution in [1.82, 2.24) is 4.90 Å². The van der Waals surface area contributed by atoms with E-state index in [1.54, 1.807) is 10.6 Å². The van der Waals surface area contributed by atoms with E-state index in [1.807, 2.05) is 11.3 Å². The second-order valence-corrected chi connectivity index (χ2v) is 9.73. The molecule has 2 aliphatic carbocycles. The Kier molecular flexibility index (Phi) is 2.58. The van der Waals surface area contributed by atoms with Crippen LogP contribution in [0.15, 0.2) is 18.4 Å². The van der Waals surface area contributed by atoms with E-state index < -0.39 is 0 Å². The van der Waals surface area contributed by atoms with Crippen molar-refractivity contribution in [1.29, 1.82) is 0 Å². The van der Waals surface area contributed by atoms with E-state index in [9.17, 15) is 0 Å². The summed E-state index contributed by atoms with van der Waals surface area (Å²) in [5.74, 6) is 1.53. The number of rotatable bonds is 0. The van der Waals surface area contributed by atoms with Gasteiger partial charge in [0.1, 0.15) is 0 Å².